The highest BCUT2D eigenvalue weighted by molar-refractivity contribution is 5.78. The van der Waals surface area contributed by atoms with Gasteiger partial charge in [-0.15, -0.1) is 0 Å². The molecule has 0 unspecified atom stereocenters. The smallest absolute Gasteiger partial charge is 0.323 e. The molecule has 0 amide bonds. The first-order valence-corrected chi connectivity index (χ1v) is 8.05. The molecular weight excluding hydrogens is 336 g/mol. The van der Waals surface area contributed by atoms with Gasteiger partial charge < -0.3 is 14.9 Å². The largest absolute Gasteiger partial charge is 0.508 e. The van der Waals surface area contributed by atoms with Crippen LogP contribution in [0.1, 0.15) is 11.3 Å². The van der Waals surface area contributed by atoms with E-state index in [1.165, 1.54) is 11.7 Å². The first-order chi connectivity index (χ1) is 12.5. The number of aliphatic carboxylic acids is 1. The Morgan fingerprint density at radius 3 is 2.54 bits per heavy atom. The van der Waals surface area contributed by atoms with Crippen LogP contribution in [0.5, 0.6) is 11.5 Å². The number of aromatic nitrogens is 2. The van der Waals surface area contributed by atoms with Crippen molar-refractivity contribution in [2.24, 2.45) is 0 Å². The Labute approximate surface area is 149 Å². The lowest BCUT2D eigenvalue weighted by Gasteiger charge is -2.12. The minimum Gasteiger partial charge on any atom is -0.508 e. The maximum atomic E-state index is 12.7. The van der Waals surface area contributed by atoms with Gasteiger partial charge in [-0.25, -0.2) is 4.98 Å². The predicted molar refractivity (Wildman–Crippen MR) is 95.7 cm³/mol. The molecule has 1 aromatic heterocycles. The summed E-state index contributed by atoms with van der Waals surface area (Å²) in [6, 6.07) is 11.7. The van der Waals surface area contributed by atoms with Gasteiger partial charge in [-0.2, -0.15) is 0 Å². The van der Waals surface area contributed by atoms with Crippen LogP contribution in [0.3, 0.4) is 0 Å². The number of aryl methyl sites for hydroxylation is 2. The highest BCUT2D eigenvalue weighted by atomic mass is 16.5. The van der Waals surface area contributed by atoms with E-state index in [1.54, 1.807) is 42.5 Å². The minimum absolute atomic E-state index is 0.176. The molecule has 0 spiro atoms. The fraction of sp³-hybridized carbons (Fsp3) is 0.211. The maximum Gasteiger partial charge on any atom is 0.323 e. The standard InChI is InChI=1S/C19H18N2O5/c1-26-14-7-9-15-17(10-14)21(11-18(23)24)19(25)16(20-15)8-4-12-2-5-13(22)6-3-12/h2-3,5-7,9-10,22H,4,8,11H2,1H3,(H,23,24). The second-order valence-corrected chi connectivity index (χ2v) is 5.86. The second kappa shape index (κ2) is 7.26. The van der Waals surface area contributed by atoms with Crippen LogP contribution < -0.4 is 10.3 Å². The topological polar surface area (TPSA) is 102 Å². The summed E-state index contributed by atoms with van der Waals surface area (Å²) in [5.74, 6) is -0.406. The maximum absolute atomic E-state index is 12.7. The highest BCUT2D eigenvalue weighted by Gasteiger charge is 2.14. The van der Waals surface area contributed by atoms with Crippen molar-refractivity contribution in [3.8, 4) is 11.5 Å². The summed E-state index contributed by atoms with van der Waals surface area (Å²) in [6.07, 6.45) is 0.919. The van der Waals surface area contributed by atoms with Gasteiger partial charge in [0.2, 0.25) is 0 Å². The molecule has 0 atom stereocenters. The van der Waals surface area contributed by atoms with Crippen LogP contribution in [-0.4, -0.2) is 32.8 Å². The molecule has 0 aliphatic heterocycles. The molecule has 0 aliphatic carbocycles. The lowest BCUT2D eigenvalue weighted by atomic mass is 10.1. The summed E-state index contributed by atoms with van der Waals surface area (Å²) < 4.78 is 6.36. The molecule has 3 rings (SSSR count). The number of ether oxygens (including phenoxy) is 1. The van der Waals surface area contributed by atoms with E-state index in [4.69, 9.17) is 9.84 Å². The molecule has 7 heteroatoms. The van der Waals surface area contributed by atoms with Gasteiger partial charge in [-0.05, 0) is 42.7 Å². The summed E-state index contributed by atoms with van der Waals surface area (Å²) >= 11 is 0. The van der Waals surface area contributed by atoms with E-state index in [2.05, 4.69) is 4.98 Å². The summed E-state index contributed by atoms with van der Waals surface area (Å²) in [7, 11) is 1.50. The van der Waals surface area contributed by atoms with Gasteiger partial charge in [0, 0.05) is 6.07 Å². The SMILES string of the molecule is COc1ccc2nc(CCc3ccc(O)cc3)c(=O)n(CC(=O)O)c2c1. The van der Waals surface area contributed by atoms with E-state index >= 15 is 0 Å². The van der Waals surface area contributed by atoms with Crippen LogP contribution in [0.2, 0.25) is 0 Å². The third-order valence-electron chi connectivity index (χ3n) is 4.10. The quantitative estimate of drug-likeness (QED) is 0.702. The molecule has 2 aromatic carbocycles. The molecule has 26 heavy (non-hydrogen) atoms. The van der Waals surface area contributed by atoms with E-state index < -0.39 is 18.1 Å². The average Bonchev–Trinajstić information content (AvgIpc) is 2.63. The molecule has 7 nitrogen and oxygen atoms in total. The summed E-state index contributed by atoms with van der Waals surface area (Å²) in [6.45, 7) is -0.447. The van der Waals surface area contributed by atoms with Crippen molar-refractivity contribution >= 4 is 17.0 Å². The van der Waals surface area contributed by atoms with Gasteiger partial charge in [-0.3, -0.25) is 14.2 Å². The Morgan fingerprint density at radius 1 is 1.15 bits per heavy atom. The number of rotatable bonds is 6. The number of carboxylic acid groups (broad SMARTS) is 1. The van der Waals surface area contributed by atoms with Crippen LogP contribution in [0.4, 0.5) is 0 Å². The lowest BCUT2D eigenvalue weighted by Crippen LogP contribution is -2.29. The predicted octanol–water partition coefficient (Wildman–Crippen LogP) is 1.98. The van der Waals surface area contributed by atoms with Crippen molar-refractivity contribution in [3.05, 3.63) is 64.1 Å². The number of nitrogens with zero attached hydrogens (tertiary/aromatic N) is 2. The van der Waals surface area contributed by atoms with Crippen molar-refractivity contribution in [1.29, 1.82) is 0 Å². The second-order valence-electron chi connectivity index (χ2n) is 5.86. The van der Waals surface area contributed by atoms with Crippen molar-refractivity contribution in [1.82, 2.24) is 9.55 Å². The Kier molecular flexibility index (Phi) is 4.88. The van der Waals surface area contributed by atoms with E-state index in [1.807, 2.05) is 0 Å². The van der Waals surface area contributed by atoms with E-state index in [-0.39, 0.29) is 5.75 Å². The van der Waals surface area contributed by atoms with Crippen LogP contribution in [0.25, 0.3) is 11.0 Å². The Hall–Kier alpha value is -3.35. The Balaban J connectivity index is 2.02. The van der Waals surface area contributed by atoms with Crippen LogP contribution >= 0.6 is 0 Å². The fourth-order valence-corrected chi connectivity index (χ4v) is 2.78. The van der Waals surface area contributed by atoms with Crippen molar-refractivity contribution in [2.75, 3.05) is 7.11 Å². The molecule has 0 saturated carbocycles. The molecule has 134 valence electrons. The third kappa shape index (κ3) is 3.66. The molecule has 0 radical (unpaired) electrons. The van der Waals surface area contributed by atoms with E-state index in [0.717, 1.165) is 5.56 Å². The van der Waals surface area contributed by atoms with E-state index in [9.17, 15) is 14.7 Å². The van der Waals surface area contributed by atoms with Crippen LogP contribution in [-0.2, 0) is 24.2 Å². The molecule has 2 N–H and O–H groups in total. The summed E-state index contributed by atoms with van der Waals surface area (Å²) in [4.78, 5) is 28.4. The Morgan fingerprint density at radius 2 is 1.88 bits per heavy atom. The average molecular weight is 354 g/mol. The summed E-state index contributed by atoms with van der Waals surface area (Å²) in [5, 5.41) is 18.5. The number of fused-ring (bicyclic) bond motifs is 1. The van der Waals surface area contributed by atoms with Gasteiger partial charge >= 0.3 is 5.97 Å². The number of carbonyl (C=O) groups is 1. The number of carboxylic acids is 1. The number of phenolic OH excluding ortho intramolecular Hbond substituents is 1. The molecule has 0 fully saturated rings. The zero-order valence-electron chi connectivity index (χ0n) is 14.2. The number of methoxy groups -OCH3 is 1. The van der Waals surface area contributed by atoms with Gasteiger partial charge in [-0.1, -0.05) is 12.1 Å². The first-order valence-electron chi connectivity index (χ1n) is 8.05. The number of hydrogen-bond donors (Lipinski definition) is 2. The number of benzene rings is 2. The van der Waals surface area contributed by atoms with Crippen LogP contribution in [0, 0.1) is 0 Å². The van der Waals surface area contributed by atoms with E-state index in [0.29, 0.717) is 35.3 Å². The number of hydrogen-bond acceptors (Lipinski definition) is 5. The highest BCUT2D eigenvalue weighted by Crippen LogP contribution is 2.19. The van der Waals surface area contributed by atoms with Crippen LogP contribution in [0.15, 0.2) is 47.3 Å². The number of phenols is 1. The van der Waals surface area contributed by atoms with Gasteiger partial charge in [0.25, 0.3) is 5.56 Å². The zero-order chi connectivity index (χ0) is 18.7. The summed E-state index contributed by atoms with van der Waals surface area (Å²) in [5.41, 5.74) is 1.78. The molecule has 0 bridgehead atoms. The van der Waals surface area contributed by atoms with Gasteiger partial charge in [0.05, 0.1) is 18.1 Å². The molecule has 3 aromatic rings. The monoisotopic (exact) mass is 354 g/mol. The minimum atomic E-state index is -1.10. The first kappa shape index (κ1) is 17.5. The van der Waals surface area contributed by atoms with Crippen molar-refractivity contribution in [2.45, 2.75) is 19.4 Å². The molecule has 0 saturated heterocycles. The zero-order valence-corrected chi connectivity index (χ0v) is 14.2. The molecular formula is C19H18N2O5. The van der Waals surface area contributed by atoms with Crippen molar-refractivity contribution in [3.63, 3.8) is 0 Å². The van der Waals surface area contributed by atoms with Crippen molar-refractivity contribution < 1.29 is 19.7 Å². The molecule has 0 aliphatic rings. The van der Waals surface area contributed by atoms with Gasteiger partial charge in [0.15, 0.2) is 0 Å². The molecule has 1 heterocycles. The van der Waals surface area contributed by atoms with Gasteiger partial charge in [0.1, 0.15) is 23.7 Å². The lowest BCUT2D eigenvalue weighted by molar-refractivity contribution is -0.137. The number of aromatic hydroxyl groups is 1. The fourth-order valence-electron chi connectivity index (χ4n) is 2.78. The normalized spacial score (nSPS) is 10.8. The third-order valence-corrected chi connectivity index (χ3v) is 4.10. The Bertz CT molecular complexity index is 1010.